The molecule has 1 aliphatic rings. The van der Waals surface area contributed by atoms with Crippen LogP contribution in [0.3, 0.4) is 0 Å². The maximum absolute atomic E-state index is 10.6. The second-order valence-corrected chi connectivity index (χ2v) is 4.06. The largest absolute Gasteiger partial charge is 0.368 e. The van der Waals surface area contributed by atoms with E-state index in [4.69, 9.17) is 0 Å². The van der Waals surface area contributed by atoms with Gasteiger partial charge >= 0.3 is 6.03 Å². The number of hydrogen-bond acceptors (Lipinski definition) is 1. The molecular weight excluding hydrogens is 238 g/mol. The Balaban J connectivity index is 0.000000117. The summed E-state index contributed by atoms with van der Waals surface area (Å²) in [6, 6.07) is 17.1. The Labute approximate surface area is 109 Å². The number of aromatic nitrogens is 1. The molecule has 0 saturated heterocycles. The van der Waals surface area contributed by atoms with Crippen LogP contribution in [0.15, 0.2) is 70.8 Å². The molecular formula is C15H11N3O. The van der Waals surface area contributed by atoms with Crippen molar-refractivity contribution in [3.8, 4) is 0 Å². The molecule has 0 unspecified atom stereocenters. The van der Waals surface area contributed by atoms with Crippen LogP contribution in [-0.4, -0.2) is 11.0 Å². The van der Waals surface area contributed by atoms with Crippen LogP contribution in [0.2, 0.25) is 0 Å². The van der Waals surface area contributed by atoms with Gasteiger partial charge in [-0.05, 0) is 29.7 Å². The molecule has 2 heterocycles. The third-order valence-corrected chi connectivity index (χ3v) is 2.78. The highest BCUT2D eigenvalue weighted by Gasteiger charge is 2.01. The highest BCUT2D eigenvalue weighted by molar-refractivity contribution is 5.78. The molecule has 4 heteroatoms. The summed E-state index contributed by atoms with van der Waals surface area (Å²) >= 11 is 0. The van der Waals surface area contributed by atoms with Gasteiger partial charge in [0.15, 0.2) is 0 Å². The van der Waals surface area contributed by atoms with E-state index in [1.807, 2.05) is 30.5 Å². The molecule has 1 aromatic heterocycles. The summed E-state index contributed by atoms with van der Waals surface area (Å²) in [5, 5.41) is 2.62. The van der Waals surface area contributed by atoms with E-state index in [2.05, 4.69) is 33.2 Å². The molecule has 0 atom stereocenters. The van der Waals surface area contributed by atoms with Crippen molar-refractivity contribution in [3.05, 3.63) is 71.5 Å². The number of H-pyrrole nitrogens is 1. The van der Waals surface area contributed by atoms with Gasteiger partial charge < -0.3 is 4.98 Å². The highest BCUT2D eigenvalue weighted by atomic mass is 16.2. The Morgan fingerprint density at radius 1 is 0.789 bits per heavy atom. The van der Waals surface area contributed by atoms with Gasteiger partial charge in [0, 0.05) is 11.7 Å². The molecule has 1 N–H and O–H groups in total. The molecule has 4 nitrogen and oxygen atoms in total. The molecule has 92 valence electrons. The van der Waals surface area contributed by atoms with Crippen LogP contribution in [0.25, 0.3) is 10.9 Å². The summed E-state index contributed by atoms with van der Waals surface area (Å²) in [6.07, 6.45) is 1.95. The second-order valence-electron chi connectivity index (χ2n) is 4.06. The van der Waals surface area contributed by atoms with Gasteiger partial charge in [-0.15, -0.1) is 0 Å². The van der Waals surface area contributed by atoms with Crippen LogP contribution in [-0.2, 0) is 0 Å². The number of hydrogen-bond donors (Lipinski definition) is 1. The van der Waals surface area contributed by atoms with E-state index in [-0.39, 0.29) is 0 Å². The van der Waals surface area contributed by atoms with E-state index in [1.54, 1.807) is 12.1 Å². The van der Waals surface area contributed by atoms with Gasteiger partial charge in [-0.25, -0.2) is 4.79 Å². The highest BCUT2D eigenvalue weighted by Crippen LogP contribution is 2.09. The number of nitrogens with zero attached hydrogens (tertiary/aromatic N) is 2. The monoisotopic (exact) mass is 249 g/mol. The molecule has 19 heavy (non-hydrogen) atoms. The van der Waals surface area contributed by atoms with Crippen LogP contribution >= 0.6 is 0 Å². The number of benzene rings is 2. The van der Waals surface area contributed by atoms with Gasteiger partial charge in [0.05, 0.1) is 10.7 Å². The molecule has 3 aromatic rings. The SMILES string of the molecule is O=C1N=c2ccccc2=N1.c1ccc2[nH]ccc2c1. The first kappa shape index (κ1) is 11.3. The molecule has 0 aliphatic carbocycles. The molecule has 0 fully saturated rings. The van der Waals surface area contributed by atoms with Crippen LogP contribution in [0, 0.1) is 0 Å². The number of urea groups is 1. The van der Waals surface area contributed by atoms with Crippen molar-refractivity contribution in [2.24, 2.45) is 9.98 Å². The quantitative estimate of drug-likeness (QED) is 0.652. The second kappa shape index (κ2) is 4.86. The van der Waals surface area contributed by atoms with Crippen LogP contribution in [0.5, 0.6) is 0 Å². The number of fused-ring (bicyclic) bond motifs is 2. The van der Waals surface area contributed by atoms with E-state index in [9.17, 15) is 4.79 Å². The fourth-order valence-electron chi connectivity index (χ4n) is 1.88. The van der Waals surface area contributed by atoms with Crippen molar-refractivity contribution in [1.29, 1.82) is 0 Å². The molecule has 0 bridgehead atoms. The van der Waals surface area contributed by atoms with Crippen molar-refractivity contribution in [2.45, 2.75) is 0 Å². The van der Waals surface area contributed by atoms with E-state index in [0.29, 0.717) is 10.7 Å². The van der Waals surface area contributed by atoms with Gasteiger partial charge in [-0.3, -0.25) is 0 Å². The fraction of sp³-hybridized carbons (Fsp3) is 0. The van der Waals surface area contributed by atoms with Crippen LogP contribution < -0.4 is 10.7 Å². The maximum Gasteiger partial charge on any atom is 0.368 e. The van der Waals surface area contributed by atoms with E-state index >= 15 is 0 Å². The average molecular weight is 249 g/mol. The van der Waals surface area contributed by atoms with Gasteiger partial charge in [-0.1, -0.05) is 30.3 Å². The first-order chi connectivity index (χ1) is 9.33. The molecule has 2 amide bonds. The molecule has 4 rings (SSSR count). The topological polar surface area (TPSA) is 57.6 Å². The first-order valence-electron chi connectivity index (χ1n) is 5.91. The average Bonchev–Trinajstić information content (AvgIpc) is 3.03. The first-order valence-corrected chi connectivity index (χ1v) is 5.91. The third-order valence-electron chi connectivity index (χ3n) is 2.78. The summed E-state index contributed by atoms with van der Waals surface area (Å²) in [4.78, 5) is 21.0. The van der Waals surface area contributed by atoms with Crippen molar-refractivity contribution in [3.63, 3.8) is 0 Å². The lowest BCUT2D eigenvalue weighted by Gasteiger charge is -1.83. The summed E-state index contributed by atoms with van der Waals surface area (Å²) in [6.45, 7) is 0. The lowest BCUT2D eigenvalue weighted by molar-refractivity contribution is 0.256. The predicted molar refractivity (Wildman–Crippen MR) is 72.4 cm³/mol. The standard InChI is InChI=1S/C8H7N.C7H4N2O/c1-2-4-8-7(3-1)5-6-9-8;10-7-8-5-3-1-2-4-6(5)9-7/h1-6,9H;1-4H. The Morgan fingerprint density at radius 3 is 2.11 bits per heavy atom. The smallest absolute Gasteiger partial charge is 0.361 e. The van der Waals surface area contributed by atoms with Gasteiger partial charge in [0.25, 0.3) is 0 Å². The van der Waals surface area contributed by atoms with E-state index in [0.717, 1.165) is 0 Å². The van der Waals surface area contributed by atoms with Crippen molar-refractivity contribution < 1.29 is 4.79 Å². The minimum Gasteiger partial charge on any atom is -0.361 e. The van der Waals surface area contributed by atoms with Crippen molar-refractivity contribution >= 4 is 16.9 Å². The Bertz CT molecular complexity index is 782. The van der Waals surface area contributed by atoms with Crippen LogP contribution in [0.1, 0.15) is 0 Å². The number of carbonyl (C=O) groups is 1. The zero-order chi connectivity index (χ0) is 13.1. The third kappa shape index (κ3) is 2.42. The van der Waals surface area contributed by atoms with Gasteiger partial charge in [-0.2, -0.15) is 9.98 Å². The number of aromatic amines is 1. The number of amides is 2. The maximum atomic E-state index is 10.6. The van der Waals surface area contributed by atoms with E-state index in [1.165, 1.54) is 10.9 Å². The summed E-state index contributed by atoms with van der Waals surface area (Å²) < 4.78 is 0. The predicted octanol–water partition coefficient (Wildman–Crippen LogP) is 2.23. The summed E-state index contributed by atoms with van der Waals surface area (Å²) in [5.74, 6) is 0. The van der Waals surface area contributed by atoms with Crippen molar-refractivity contribution in [2.75, 3.05) is 0 Å². The molecule has 2 aromatic carbocycles. The zero-order valence-corrected chi connectivity index (χ0v) is 10.1. The number of nitrogens with one attached hydrogen (secondary N) is 1. The van der Waals surface area contributed by atoms with Gasteiger partial charge in [0.1, 0.15) is 0 Å². The zero-order valence-electron chi connectivity index (χ0n) is 10.1. The Morgan fingerprint density at radius 2 is 1.42 bits per heavy atom. The summed E-state index contributed by atoms with van der Waals surface area (Å²) in [7, 11) is 0. The molecule has 0 radical (unpaired) electrons. The Kier molecular flexibility index (Phi) is 2.90. The number of carbonyl (C=O) groups excluding carboxylic acids is 1. The number of rotatable bonds is 0. The van der Waals surface area contributed by atoms with Crippen molar-refractivity contribution in [1.82, 2.24) is 4.98 Å². The molecule has 0 saturated carbocycles. The molecule has 1 aliphatic heterocycles. The summed E-state index contributed by atoms with van der Waals surface area (Å²) in [5.41, 5.74) is 1.21. The Hall–Kier alpha value is -2.75. The van der Waals surface area contributed by atoms with Gasteiger partial charge in [0.2, 0.25) is 0 Å². The minimum absolute atomic E-state index is 0.402. The minimum atomic E-state index is -0.402. The lowest BCUT2D eigenvalue weighted by Crippen LogP contribution is -2.19. The number of para-hydroxylation sites is 3. The molecule has 0 spiro atoms. The lowest BCUT2D eigenvalue weighted by atomic mass is 10.3. The fourth-order valence-corrected chi connectivity index (χ4v) is 1.88. The van der Waals surface area contributed by atoms with E-state index < -0.39 is 6.03 Å². The normalized spacial score (nSPS) is 12.1. The van der Waals surface area contributed by atoms with Crippen LogP contribution in [0.4, 0.5) is 4.79 Å².